The zero-order valence-corrected chi connectivity index (χ0v) is 18.9. The summed E-state index contributed by atoms with van der Waals surface area (Å²) in [5.41, 5.74) is 6.83. The first-order chi connectivity index (χ1) is 15.5. The molecule has 0 bridgehead atoms. The molecule has 1 atom stereocenters. The molecule has 2 rings (SSSR count). The lowest BCUT2D eigenvalue weighted by Gasteiger charge is -2.17. The first-order valence-corrected chi connectivity index (χ1v) is 10.2. The van der Waals surface area contributed by atoms with E-state index in [0.29, 0.717) is 18.3 Å². The third-order valence-electron chi connectivity index (χ3n) is 4.33. The molecular formula is C22H28F3N5O3. The number of benzene rings is 1. The fourth-order valence-electron chi connectivity index (χ4n) is 2.69. The van der Waals surface area contributed by atoms with Crippen LogP contribution in [0.1, 0.15) is 42.7 Å². The Morgan fingerprint density at radius 1 is 1.18 bits per heavy atom. The molecule has 180 valence electrons. The summed E-state index contributed by atoms with van der Waals surface area (Å²) < 4.78 is 47.0. The second-order valence-electron chi connectivity index (χ2n) is 7.68. The van der Waals surface area contributed by atoms with Crippen LogP contribution in [0.5, 0.6) is 11.5 Å². The zero-order chi connectivity index (χ0) is 24.6. The van der Waals surface area contributed by atoms with Crippen LogP contribution in [0.2, 0.25) is 0 Å². The van der Waals surface area contributed by atoms with Gasteiger partial charge >= 0.3 is 6.18 Å². The van der Waals surface area contributed by atoms with Crippen molar-refractivity contribution in [3.63, 3.8) is 0 Å². The fraction of sp³-hybridized carbons (Fsp3) is 0.409. The van der Waals surface area contributed by atoms with E-state index in [4.69, 9.17) is 15.2 Å². The van der Waals surface area contributed by atoms with Gasteiger partial charge in [0.15, 0.2) is 24.1 Å². The number of halogens is 3. The minimum atomic E-state index is -4.49. The summed E-state index contributed by atoms with van der Waals surface area (Å²) in [7, 11) is 1.28. The summed E-state index contributed by atoms with van der Waals surface area (Å²) in [6.45, 7) is 4.95. The number of rotatable bonds is 9. The molecule has 1 aromatic heterocycles. The smallest absolute Gasteiger partial charge is 0.422 e. The number of hydrogen-bond donors (Lipinski definition) is 3. The number of guanidine groups is 1. The van der Waals surface area contributed by atoms with Gasteiger partial charge in [0.05, 0.1) is 13.2 Å². The summed E-state index contributed by atoms with van der Waals surface area (Å²) in [6.07, 6.45) is -2.91. The van der Waals surface area contributed by atoms with Crippen molar-refractivity contribution < 1.29 is 27.4 Å². The number of aliphatic imine (C=N–C) groups is 1. The topological polar surface area (TPSA) is 111 Å². The van der Waals surface area contributed by atoms with Crippen LogP contribution in [0, 0.1) is 5.92 Å². The lowest BCUT2D eigenvalue weighted by Crippen LogP contribution is -2.27. The Labute approximate surface area is 190 Å². The molecule has 1 unspecified atom stereocenters. The second kappa shape index (κ2) is 11.4. The molecule has 8 nitrogen and oxygen atoms in total. The van der Waals surface area contributed by atoms with Crippen molar-refractivity contribution in [3.8, 4) is 11.5 Å². The average molecular weight is 467 g/mol. The van der Waals surface area contributed by atoms with Crippen molar-refractivity contribution in [1.29, 1.82) is 0 Å². The molecule has 2 aromatic rings. The van der Waals surface area contributed by atoms with E-state index in [0.717, 1.165) is 5.56 Å². The minimum Gasteiger partial charge on any atom is -0.493 e. The molecule has 0 aliphatic rings. The monoisotopic (exact) mass is 467 g/mol. The van der Waals surface area contributed by atoms with Gasteiger partial charge in [-0.15, -0.1) is 0 Å². The Bertz CT molecular complexity index is 980. The van der Waals surface area contributed by atoms with E-state index >= 15 is 0 Å². The molecular weight excluding hydrogens is 439 g/mol. The standard InChI is InChI=1S/C22H28F3N5O3/c1-13(2)11-28-21(26)30-19-10-15(7-8-27-19)14(3)29-20(31)16-5-6-17(18(9-16)32-4)33-12-22(23,24)25/h5-10,13-14H,11-12H2,1-4H3,(H,29,31)(H3,26,27,28,30). The molecule has 4 N–H and O–H groups in total. The summed E-state index contributed by atoms with van der Waals surface area (Å²) in [5.74, 6) is 0.555. The molecule has 0 saturated carbocycles. The molecule has 0 spiro atoms. The number of alkyl halides is 3. The van der Waals surface area contributed by atoms with Gasteiger partial charge in [-0.2, -0.15) is 13.2 Å². The van der Waals surface area contributed by atoms with E-state index in [1.54, 1.807) is 25.3 Å². The van der Waals surface area contributed by atoms with Crippen molar-refractivity contribution in [3.05, 3.63) is 47.7 Å². The van der Waals surface area contributed by atoms with Gasteiger partial charge in [-0.05, 0) is 48.7 Å². The average Bonchev–Trinajstić information content (AvgIpc) is 2.75. The van der Waals surface area contributed by atoms with Crippen LogP contribution in [0.25, 0.3) is 0 Å². The molecule has 0 aliphatic heterocycles. The Hall–Kier alpha value is -3.50. The van der Waals surface area contributed by atoms with E-state index in [2.05, 4.69) is 20.6 Å². The number of anilines is 1. The summed E-state index contributed by atoms with van der Waals surface area (Å²) in [4.78, 5) is 21.1. The third-order valence-corrected chi connectivity index (χ3v) is 4.33. The van der Waals surface area contributed by atoms with Crippen molar-refractivity contribution >= 4 is 17.7 Å². The number of aromatic nitrogens is 1. The molecule has 0 radical (unpaired) electrons. The maximum atomic E-state index is 12.7. The highest BCUT2D eigenvalue weighted by Crippen LogP contribution is 2.30. The molecule has 1 amide bonds. The van der Waals surface area contributed by atoms with Crippen LogP contribution >= 0.6 is 0 Å². The highest BCUT2D eigenvalue weighted by atomic mass is 19.4. The number of carbonyl (C=O) groups is 1. The summed E-state index contributed by atoms with van der Waals surface area (Å²) in [5, 5.41) is 5.74. The molecule has 0 fully saturated rings. The van der Waals surface area contributed by atoms with E-state index in [1.807, 2.05) is 13.8 Å². The van der Waals surface area contributed by atoms with Crippen LogP contribution < -0.4 is 25.8 Å². The Morgan fingerprint density at radius 2 is 1.91 bits per heavy atom. The Kier molecular flexibility index (Phi) is 8.89. The molecule has 1 aromatic carbocycles. The van der Waals surface area contributed by atoms with Gasteiger partial charge in [-0.3, -0.25) is 9.79 Å². The highest BCUT2D eigenvalue weighted by molar-refractivity contribution is 5.95. The molecule has 11 heteroatoms. The van der Waals surface area contributed by atoms with Crippen molar-refractivity contribution in [2.24, 2.45) is 16.6 Å². The number of nitrogens with two attached hydrogens (primary N) is 1. The van der Waals surface area contributed by atoms with Crippen LogP contribution in [0.15, 0.2) is 41.5 Å². The van der Waals surface area contributed by atoms with Gasteiger partial charge in [0.2, 0.25) is 0 Å². The van der Waals surface area contributed by atoms with Gasteiger partial charge in [-0.1, -0.05) is 13.8 Å². The largest absolute Gasteiger partial charge is 0.493 e. The first-order valence-electron chi connectivity index (χ1n) is 10.2. The van der Waals surface area contributed by atoms with Crippen molar-refractivity contribution in [2.75, 3.05) is 25.6 Å². The van der Waals surface area contributed by atoms with Crippen LogP contribution in [-0.2, 0) is 0 Å². The minimum absolute atomic E-state index is 0.0195. The lowest BCUT2D eigenvalue weighted by molar-refractivity contribution is -0.153. The predicted octanol–water partition coefficient (Wildman–Crippen LogP) is 3.90. The number of pyridine rings is 1. The third kappa shape index (κ3) is 8.51. The van der Waals surface area contributed by atoms with Gasteiger partial charge in [0.25, 0.3) is 5.91 Å². The quantitative estimate of drug-likeness (QED) is 0.381. The predicted molar refractivity (Wildman–Crippen MR) is 120 cm³/mol. The van der Waals surface area contributed by atoms with Crippen LogP contribution in [0.3, 0.4) is 0 Å². The van der Waals surface area contributed by atoms with E-state index in [-0.39, 0.29) is 23.0 Å². The van der Waals surface area contributed by atoms with Gasteiger partial charge in [0, 0.05) is 18.3 Å². The van der Waals surface area contributed by atoms with E-state index < -0.39 is 24.7 Å². The van der Waals surface area contributed by atoms with Crippen LogP contribution in [-0.4, -0.2) is 43.3 Å². The lowest BCUT2D eigenvalue weighted by atomic mass is 10.1. The maximum absolute atomic E-state index is 12.7. The summed E-state index contributed by atoms with van der Waals surface area (Å²) >= 11 is 0. The molecule has 1 heterocycles. The number of nitrogens with one attached hydrogen (secondary N) is 2. The summed E-state index contributed by atoms with van der Waals surface area (Å²) in [6, 6.07) is 7.02. The number of hydrogen-bond acceptors (Lipinski definition) is 5. The second-order valence-corrected chi connectivity index (χ2v) is 7.68. The number of nitrogens with zero attached hydrogens (tertiary/aromatic N) is 2. The van der Waals surface area contributed by atoms with Gasteiger partial charge in [0.1, 0.15) is 5.82 Å². The van der Waals surface area contributed by atoms with E-state index in [9.17, 15) is 18.0 Å². The maximum Gasteiger partial charge on any atom is 0.422 e. The van der Waals surface area contributed by atoms with Gasteiger partial charge in [-0.25, -0.2) is 4.98 Å². The van der Waals surface area contributed by atoms with Crippen LogP contribution in [0.4, 0.5) is 19.0 Å². The number of methoxy groups -OCH3 is 1. The first kappa shape index (κ1) is 25.8. The molecule has 0 aliphatic carbocycles. The highest BCUT2D eigenvalue weighted by Gasteiger charge is 2.29. The SMILES string of the molecule is COc1cc(C(=O)NC(C)c2ccnc(NC(N)=NCC(C)C)c2)ccc1OCC(F)(F)F. The van der Waals surface area contributed by atoms with Crippen molar-refractivity contribution in [2.45, 2.75) is 33.0 Å². The van der Waals surface area contributed by atoms with E-state index in [1.165, 1.54) is 25.3 Å². The Morgan fingerprint density at radius 3 is 2.55 bits per heavy atom. The molecule has 0 saturated heterocycles. The number of carbonyl (C=O) groups excluding carboxylic acids is 1. The fourth-order valence-corrected chi connectivity index (χ4v) is 2.69. The number of ether oxygens (including phenoxy) is 2. The van der Waals surface area contributed by atoms with Crippen molar-refractivity contribution in [1.82, 2.24) is 10.3 Å². The van der Waals surface area contributed by atoms with Gasteiger partial charge < -0.3 is 25.8 Å². The normalized spacial score (nSPS) is 12.9. The Balaban J connectivity index is 2.07. The zero-order valence-electron chi connectivity index (χ0n) is 18.9. The molecule has 33 heavy (non-hydrogen) atoms. The number of amides is 1.